The molecule has 2 fully saturated rings. The van der Waals surface area contributed by atoms with Crippen LogP contribution in [0, 0.1) is 0 Å². The number of aromatic nitrogens is 2. The second-order valence-electron chi connectivity index (χ2n) is 10.4. The van der Waals surface area contributed by atoms with E-state index >= 15 is 0 Å². The minimum Gasteiger partial charge on any atom is -0.369 e. The fraction of sp³-hybridized carbons (Fsp3) is 0.429. The van der Waals surface area contributed by atoms with Gasteiger partial charge in [0.2, 0.25) is 16.0 Å². The molecular weight excluding hydrogens is 591 g/mol. The molecule has 0 amide bonds. The van der Waals surface area contributed by atoms with Gasteiger partial charge in [-0.1, -0.05) is 30.7 Å². The van der Waals surface area contributed by atoms with Crippen molar-refractivity contribution in [3.05, 3.63) is 64.8 Å². The highest BCUT2D eigenvalue weighted by molar-refractivity contribution is 7.90. The minimum absolute atomic E-state index is 0.0451. The quantitative estimate of drug-likeness (QED) is 0.261. The Bertz CT molecular complexity index is 1490. The number of likely N-dealkylation sites (N-methyl/N-ethyl adjacent to an activating group) is 1. The van der Waals surface area contributed by atoms with Crippen molar-refractivity contribution in [2.75, 3.05) is 54.8 Å². The summed E-state index contributed by atoms with van der Waals surface area (Å²) in [5.74, 6) is 0.175. The number of piperazine rings is 1. The maximum Gasteiger partial charge on any atom is 0.418 e. The lowest BCUT2D eigenvalue weighted by molar-refractivity contribution is -0.136. The fourth-order valence-corrected chi connectivity index (χ4v) is 6.27. The molecule has 2 aromatic carbocycles. The van der Waals surface area contributed by atoms with Crippen LogP contribution >= 0.6 is 11.6 Å². The fourth-order valence-electron chi connectivity index (χ4n) is 4.76. The van der Waals surface area contributed by atoms with Gasteiger partial charge < -0.3 is 20.4 Å². The summed E-state index contributed by atoms with van der Waals surface area (Å²) in [6.07, 6.45) is -1.31. The van der Waals surface area contributed by atoms with Crippen LogP contribution in [0.4, 0.5) is 42.0 Å². The van der Waals surface area contributed by atoms with Crippen molar-refractivity contribution in [3.63, 3.8) is 0 Å². The van der Waals surface area contributed by atoms with Crippen LogP contribution in [-0.4, -0.2) is 67.8 Å². The number of rotatable bonds is 11. The summed E-state index contributed by atoms with van der Waals surface area (Å²) in [4.78, 5) is 12.6. The van der Waals surface area contributed by atoms with E-state index in [9.17, 15) is 21.6 Å². The molecule has 3 N–H and O–H groups in total. The first-order chi connectivity index (χ1) is 20.0. The predicted octanol–water partition coefficient (Wildman–Crippen LogP) is 5.40. The van der Waals surface area contributed by atoms with Crippen LogP contribution in [0.25, 0.3) is 0 Å². The van der Waals surface area contributed by atoms with Crippen molar-refractivity contribution < 1.29 is 21.6 Å². The highest BCUT2D eigenvalue weighted by Crippen LogP contribution is 2.38. The van der Waals surface area contributed by atoms with Crippen LogP contribution in [0.2, 0.25) is 5.02 Å². The van der Waals surface area contributed by atoms with Crippen molar-refractivity contribution in [2.45, 2.75) is 37.6 Å². The van der Waals surface area contributed by atoms with Crippen LogP contribution < -0.4 is 20.3 Å². The normalized spacial score (nSPS) is 16.5. The molecule has 1 aliphatic heterocycles. The first-order valence-electron chi connectivity index (χ1n) is 13.8. The Labute approximate surface area is 248 Å². The third-order valence-electron chi connectivity index (χ3n) is 7.38. The van der Waals surface area contributed by atoms with Crippen LogP contribution in [0.3, 0.4) is 0 Å². The van der Waals surface area contributed by atoms with E-state index in [4.69, 9.17) is 11.6 Å². The summed E-state index contributed by atoms with van der Waals surface area (Å²) < 4.78 is 68.8. The van der Waals surface area contributed by atoms with Crippen molar-refractivity contribution in [2.24, 2.45) is 0 Å². The number of hydrogen-bond acceptors (Lipinski definition) is 8. The Morgan fingerprint density at radius 2 is 1.74 bits per heavy atom. The molecule has 2 aliphatic rings. The Kier molecular flexibility index (Phi) is 9.11. The summed E-state index contributed by atoms with van der Waals surface area (Å²) in [7, 11) is -3.22. The standard InChI is InChI=1S/C28H33ClF3N7O2S/c1-2-38-13-15-39(16-14-38)21-7-10-25(23(17-21)28(30,31)32)36-27-33-18-24(29)26(37-27)35-20-5-3-19(4-6-20)11-12-34-42(40,41)22-8-9-22/h3-7,10,17-18,22,34H,2,8-9,11-16H2,1H3,(H2,33,35,36,37). The van der Waals surface area contributed by atoms with Gasteiger partial charge in [0.05, 0.1) is 22.7 Å². The summed E-state index contributed by atoms with van der Waals surface area (Å²) in [6, 6.07) is 11.5. The number of nitrogens with zero attached hydrogens (tertiary/aromatic N) is 4. The molecular formula is C28H33ClF3N7O2S. The molecule has 5 rings (SSSR count). The molecule has 1 saturated heterocycles. The first kappa shape index (κ1) is 30.3. The Balaban J connectivity index is 1.25. The summed E-state index contributed by atoms with van der Waals surface area (Å²) in [5, 5.41) is 5.71. The second kappa shape index (κ2) is 12.6. The first-order valence-corrected chi connectivity index (χ1v) is 15.8. The van der Waals surface area contributed by atoms with E-state index in [0.717, 1.165) is 31.3 Å². The van der Waals surface area contributed by atoms with E-state index in [1.165, 1.54) is 12.3 Å². The second-order valence-corrected chi connectivity index (χ2v) is 12.8. The number of sulfonamides is 1. The molecule has 1 aliphatic carbocycles. The van der Waals surface area contributed by atoms with Gasteiger partial charge >= 0.3 is 6.18 Å². The molecule has 0 radical (unpaired) electrons. The number of hydrogen-bond donors (Lipinski definition) is 3. The maximum atomic E-state index is 14.1. The lowest BCUT2D eigenvalue weighted by Crippen LogP contribution is -2.46. The average Bonchev–Trinajstić information content (AvgIpc) is 3.82. The molecule has 9 nitrogen and oxygen atoms in total. The SMILES string of the molecule is CCN1CCN(c2ccc(Nc3ncc(Cl)c(Nc4ccc(CCNS(=O)(=O)C5CC5)cc4)n3)c(C(F)(F)F)c2)CC1. The van der Waals surface area contributed by atoms with Crippen molar-refractivity contribution >= 4 is 50.5 Å². The third kappa shape index (κ3) is 7.63. The molecule has 3 aromatic rings. The van der Waals surface area contributed by atoms with Gasteiger partial charge in [-0.3, -0.25) is 0 Å². The van der Waals surface area contributed by atoms with E-state index in [2.05, 4.69) is 37.1 Å². The van der Waals surface area contributed by atoms with Crippen LogP contribution in [0.15, 0.2) is 48.7 Å². The highest BCUT2D eigenvalue weighted by atomic mass is 35.5. The monoisotopic (exact) mass is 623 g/mol. The Hall–Kier alpha value is -3.13. The third-order valence-corrected chi connectivity index (χ3v) is 9.61. The molecule has 42 heavy (non-hydrogen) atoms. The topological polar surface area (TPSA) is 102 Å². The van der Waals surface area contributed by atoms with E-state index in [-0.39, 0.29) is 27.7 Å². The molecule has 0 bridgehead atoms. The zero-order chi connectivity index (χ0) is 29.9. The smallest absolute Gasteiger partial charge is 0.369 e. The molecule has 14 heteroatoms. The van der Waals surface area contributed by atoms with Gasteiger partial charge in [0, 0.05) is 44.1 Å². The molecule has 0 unspecified atom stereocenters. The van der Waals surface area contributed by atoms with E-state index in [1.54, 1.807) is 18.2 Å². The highest BCUT2D eigenvalue weighted by Gasteiger charge is 2.36. The van der Waals surface area contributed by atoms with Crippen molar-refractivity contribution in [1.29, 1.82) is 0 Å². The van der Waals surface area contributed by atoms with Crippen molar-refractivity contribution in [1.82, 2.24) is 19.6 Å². The molecule has 1 aromatic heterocycles. The van der Waals surface area contributed by atoms with Gasteiger partial charge in [-0.15, -0.1) is 0 Å². The number of halogens is 4. The molecule has 226 valence electrons. The van der Waals surface area contributed by atoms with Crippen LogP contribution in [0.1, 0.15) is 30.9 Å². The Morgan fingerprint density at radius 1 is 1.02 bits per heavy atom. The van der Waals surface area contributed by atoms with Gasteiger partial charge in [0.25, 0.3) is 0 Å². The van der Waals surface area contributed by atoms with E-state index < -0.39 is 21.8 Å². The van der Waals surface area contributed by atoms with Crippen LogP contribution in [0.5, 0.6) is 0 Å². The van der Waals surface area contributed by atoms with Crippen LogP contribution in [-0.2, 0) is 22.6 Å². The van der Waals surface area contributed by atoms with Gasteiger partial charge in [-0.25, -0.2) is 18.1 Å². The lowest BCUT2D eigenvalue weighted by Gasteiger charge is -2.36. The largest absolute Gasteiger partial charge is 0.418 e. The zero-order valence-electron chi connectivity index (χ0n) is 23.1. The van der Waals surface area contributed by atoms with E-state index in [0.29, 0.717) is 50.3 Å². The van der Waals surface area contributed by atoms with Gasteiger partial charge in [-0.05, 0) is 61.7 Å². The summed E-state index contributed by atoms with van der Waals surface area (Å²) >= 11 is 6.28. The predicted molar refractivity (Wildman–Crippen MR) is 159 cm³/mol. The Morgan fingerprint density at radius 3 is 2.38 bits per heavy atom. The minimum atomic E-state index is -4.59. The maximum absolute atomic E-state index is 14.1. The van der Waals surface area contributed by atoms with Gasteiger partial charge in [0.1, 0.15) is 5.02 Å². The molecule has 2 heterocycles. The van der Waals surface area contributed by atoms with Crippen molar-refractivity contribution in [3.8, 4) is 0 Å². The molecule has 0 atom stereocenters. The number of alkyl halides is 3. The lowest BCUT2D eigenvalue weighted by atomic mass is 10.1. The molecule has 0 spiro atoms. The summed E-state index contributed by atoms with van der Waals surface area (Å²) in [6.45, 7) is 6.23. The number of benzene rings is 2. The average molecular weight is 624 g/mol. The number of nitrogens with one attached hydrogen (secondary N) is 3. The van der Waals surface area contributed by atoms with Gasteiger partial charge in [-0.2, -0.15) is 18.2 Å². The summed E-state index contributed by atoms with van der Waals surface area (Å²) in [5.41, 5.74) is 1.14. The van der Waals surface area contributed by atoms with Gasteiger partial charge in [0.15, 0.2) is 5.82 Å². The van der Waals surface area contributed by atoms with E-state index in [1.807, 2.05) is 17.0 Å². The zero-order valence-corrected chi connectivity index (χ0v) is 24.7. The molecule has 1 saturated carbocycles. The number of anilines is 5.